The Balaban J connectivity index is 2.69. The molecule has 0 unspecified atom stereocenters. The van der Waals surface area contributed by atoms with E-state index in [1.807, 2.05) is 18.5 Å². The van der Waals surface area contributed by atoms with Crippen molar-refractivity contribution in [3.8, 4) is 0 Å². The number of hydrogen-bond donors (Lipinski definition) is 1. The predicted molar refractivity (Wildman–Crippen MR) is 64.6 cm³/mol. The van der Waals surface area contributed by atoms with Gasteiger partial charge in [0.2, 0.25) is 0 Å². The number of alkyl halides is 1. The fraction of sp³-hybridized carbons (Fsp3) is 0.500. The average Bonchev–Trinajstić information content (AvgIpc) is 2.43. The number of nitrogens with one attached hydrogen (secondary N) is 1. The van der Waals surface area contributed by atoms with Crippen LogP contribution in [0.25, 0.3) is 0 Å². The highest BCUT2D eigenvalue weighted by Gasteiger charge is 2.09. The molecule has 0 saturated heterocycles. The van der Waals surface area contributed by atoms with Gasteiger partial charge in [0, 0.05) is 7.05 Å². The number of halogens is 1. The third-order valence-corrected chi connectivity index (χ3v) is 3.55. The van der Waals surface area contributed by atoms with Gasteiger partial charge in [-0.25, -0.2) is 4.79 Å². The zero-order chi connectivity index (χ0) is 11.4. The zero-order valence-electron chi connectivity index (χ0n) is 8.37. The highest BCUT2D eigenvalue weighted by molar-refractivity contribution is 7.73. The monoisotopic (exact) mass is 266 g/mol. The fourth-order valence-electron chi connectivity index (χ4n) is 0.895. The second kappa shape index (κ2) is 5.48. The Bertz CT molecular complexity index is 413. The molecule has 1 aromatic rings. The van der Waals surface area contributed by atoms with Crippen LogP contribution in [0.15, 0.2) is 0 Å². The van der Waals surface area contributed by atoms with Crippen LogP contribution in [0.5, 0.6) is 0 Å². The van der Waals surface area contributed by atoms with E-state index in [9.17, 15) is 4.79 Å². The second-order valence-corrected chi connectivity index (χ2v) is 4.81. The van der Waals surface area contributed by atoms with Crippen LogP contribution in [0.3, 0.4) is 0 Å². The van der Waals surface area contributed by atoms with Crippen LogP contribution in [-0.2, 0) is 11.8 Å². The van der Waals surface area contributed by atoms with Gasteiger partial charge in [-0.2, -0.15) is 0 Å². The molecule has 0 aliphatic carbocycles. The van der Waals surface area contributed by atoms with Gasteiger partial charge in [-0.3, -0.25) is 5.32 Å². The maximum absolute atomic E-state index is 11.2. The highest BCUT2D eigenvalue weighted by atomic mass is 35.5. The predicted octanol–water partition coefficient (Wildman–Crippen LogP) is 2.91. The second-order valence-electron chi connectivity index (χ2n) is 2.79. The Kier molecular flexibility index (Phi) is 4.56. The highest BCUT2D eigenvalue weighted by Crippen LogP contribution is 2.23. The molecule has 15 heavy (non-hydrogen) atoms. The summed E-state index contributed by atoms with van der Waals surface area (Å²) in [5, 5.41) is 3.33. The summed E-state index contributed by atoms with van der Waals surface area (Å²) in [5.41, 5.74) is 0.910. The van der Waals surface area contributed by atoms with Crippen molar-refractivity contribution in [2.75, 3.05) is 17.8 Å². The molecule has 0 aliphatic heterocycles. The summed E-state index contributed by atoms with van der Waals surface area (Å²) in [4.78, 5) is 11.2. The molecule has 4 nitrogen and oxygen atoms in total. The lowest BCUT2D eigenvalue weighted by molar-refractivity contribution is 0.168. The summed E-state index contributed by atoms with van der Waals surface area (Å²) in [6.07, 6.45) is -0.504. The first kappa shape index (κ1) is 12.5. The molecule has 1 heterocycles. The van der Waals surface area contributed by atoms with Crippen LogP contribution in [0.2, 0.25) is 0 Å². The van der Waals surface area contributed by atoms with Crippen molar-refractivity contribution >= 4 is 46.2 Å². The van der Waals surface area contributed by atoms with Gasteiger partial charge in [0.05, 0.1) is 11.6 Å². The smallest absolute Gasteiger partial charge is 0.412 e. The van der Waals surface area contributed by atoms with E-state index >= 15 is 0 Å². The normalized spacial score (nSPS) is 10.1. The molecular weight excluding hydrogens is 256 g/mol. The van der Waals surface area contributed by atoms with Crippen molar-refractivity contribution < 1.29 is 9.53 Å². The number of rotatable bonds is 3. The molecule has 0 spiro atoms. The molecule has 0 aliphatic rings. The molecule has 0 aromatic carbocycles. The maximum Gasteiger partial charge on any atom is 0.412 e. The van der Waals surface area contributed by atoms with Crippen LogP contribution >= 0.6 is 35.2 Å². The number of carbonyl (C=O) groups is 1. The first-order valence-electron chi connectivity index (χ1n) is 4.22. The summed E-state index contributed by atoms with van der Waals surface area (Å²) in [6, 6.07) is 0. The summed E-state index contributed by atoms with van der Waals surface area (Å²) < 4.78 is 7.32. The van der Waals surface area contributed by atoms with Gasteiger partial charge in [-0.15, -0.1) is 11.6 Å². The number of anilines is 1. The topological polar surface area (TPSA) is 43.3 Å². The lowest BCUT2D eigenvalue weighted by atomic mass is 10.5. The molecule has 0 bridgehead atoms. The Labute approximate surface area is 102 Å². The van der Waals surface area contributed by atoms with Crippen molar-refractivity contribution in [2.24, 2.45) is 7.05 Å². The molecular formula is C8H11ClN2O2S2. The number of ether oxygens (including phenoxy) is 1. The van der Waals surface area contributed by atoms with Gasteiger partial charge < -0.3 is 9.30 Å². The molecule has 0 fully saturated rings. The van der Waals surface area contributed by atoms with E-state index in [2.05, 4.69) is 5.32 Å². The van der Waals surface area contributed by atoms with Crippen LogP contribution in [0.1, 0.15) is 5.69 Å². The molecule has 7 heteroatoms. The average molecular weight is 267 g/mol. The van der Waals surface area contributed by atoms with Gasteiger partial charge in [-0.1, -0.05) is 11.3 Å². The SMILES string of the molecule is Cc1c(NC(=O)OCCCl)sc(=S)n1C. The van der Waals surface area contributed by atoms with Crippen molar-refractivity contribution in [2.45, 2.75) is 6.92 Å². The Morgan fingerprint density at radius 1 is 1.73 bits per heavy atom. The fourth-order valence-corrected chi connectivity index (χ4v) is 2.23. The van der Waals surface area contributed by atoms with Crippen LogP contribution in [-0.4, -0.2) is 23.1 Å². The van der Waals surface area contributed by atoms with Gasteiger partial charge in [0.1, 0.15) is 11.6 Å². The molecule has 1 aromatic heterocycles. The first-order chi connectivity index (χ1) is 7.06. The number of hydrogen-bond acceptors (Lipinski definition) is 4. The van der Waals surface area contributed by atoms with Crippen molar-refractivity contribution in [3.05, 3.63) is 9.65 Å². The van der Waals surface area contributed by atoms with E-state index in [1.165, 1.54) is 11.3 Å². The van der Waals surface area contributed by atoms with Gasteiger partial charge in [0.25, 0.3) is 0 Å². The minimum Gasteiger partial charge on any atom is -0.448 e. The molecule has 0 radical (unpaired) electrons. The van der Waals surface area contributed by atoms with E-state index in [4.69, 9.17) is 28.6 Å². The number of nitrogens with zero attached hydrogens (tertiary/aromatic N) is 1. The largest absolute Gasteiger partial charge is 0.448 e. The number of thiazole rings is 1. The standard InChI is InChI=1S/C8H11ClN2O2S2/c1-5-6(15-8(14)11(5)2)10-7(12)13-4-3-9/h3-4H2,1-2H3,(H,10,12). The van der Waals surface area contributed by atoms with E-state index in [0.717, 1.165) is 5.69 Å². The molecule has 84 valence electrons. The third kappa shape index (κ3) is 3.19. The Morgan fingerprint density at radius 3 is 2.87 bits per heavy atom. The number of amides is 1. The molecule has 1 N–H and O–H groups in total. The maximum atomic E-state index is 11.2. The summed E-state index contributed by atoms with van der Waals surface area (Å²) in [5.74, 6) is 0.289. The summed E-state index contributed by atoms with van der Waals surface area (Å²) in [6.45, 7) is 2.08. The Hall–Kier alpha value is -0.590. The van der Waals surface area contributed by atoms with Crippen LogP contribution in [0, 0.1) is 10.9 Å². The summed E-state index contributed by atoms with van der Waals surface area (Å²) in [7, 11) is 1.85. The lowest BCUT2D eigenvalue weighted by Gasteiger charge is -2.04. The van der Waals surface area contributed by atoms with E-state index in [-0.39, 0.29) is 12.5 Å². The molecule has 0 saturated carbocycles. The summed E-state index contributed by atoms with van der Waals surface area (Å²) >= 11 is 11.8. The third-order valence-electron chi connectivity index (χ3n) is 1.82. The molecule has 0 atom stereocenters. The number of aromatic nitrogens is 1. The molecule has 1 rings (SSSR count). The minimum absolute atomic E-state index is 0.199. The van der Waals surface area contributed by atoms with Gasteiger partial charge >= 0.3 is 6.09 Å². The van der Waals surface area contributed by atoms with Crippen molar-refractivity contribution in [1.82, 2.24) is 4.57 Å². The quantitative estimate of drug-likeness (QED) is 0.676. The lowest BCUT2D eigenvalue weighted by Crippen LogP contribution is -2.14. The van der Waals surface area contributed by atoms with E-state index < -0.39 is 6.09 Å². The number of carbonyl (C=O) groups excluding carboxylic acids is 1. The van der Waals surface area contributed by atoms with Crippen molar-refractivity contribution in [3.63, 3.8) is 0 Å². The van der Waals surface area contributed by atoms with Crippen LogP contribution in [0.4, 0.5) is 9.80 Å². The Morgan fingerprint density at radius 2 is 2.40 bits per heavy atom. The first-order valence-corrected chi connectivity index (χ1v) is 5.98. The van der Waals surface area contributed by atoms with Crippen molar-refractivity contribution in [1.29, 1.82) is 0 Å². The van der Waals surface area contributed by atoms with E-state index in [1.54, 1.807) is 0 Å². The molecule has 1 amide bonds. The van der Waals surface area contributed by atoms with E-state index in [0.29, 0.717) is 8.96 Å². The van der Waals surface area contributed by atoms with Crippen LogP contribution < -0.4 is 5.32 Å². The van der Waals surface area contributed by atoms with Gasteiger partial charge in [0.15, 0.2) is 3.95 Å². The van der Waals surface area contributed by atoms with Gasteiger partial charge in [-0.05, 0) is 19.1 Å². The minimum atomic E-state index is -0.504. The zero-order valence-corrected chi connectivity index (χ0v) is 10.8.